The van der Waals surface area contributed by atoms with Crippen molar-refractivity contribution in [2.24, 2.45) is 0 Å². The van der Waals surface area contributed by atoms with Gasteiger partial charge in [0, 0.05) is 0 Å². The number of carbonyl (C=O) groups is 2. The second kappa shape index (κ2) is 7.23. The number of nitrogens with one attached hydrogen (secondary N) is 2. The van der Waals surface area contributed by atoms with Crippen molar-refractivity contribution < 1.29 is 14.0 Å². The fraction of sp³-hybridized carbons (Fsp3) is 0.263. The van der Waals surface area contributed by atoms with E-state index in [0.29, 0.717) is 17.9 Å². The molecule has 0 radical (unpaired) electrons. The van der Waals surface area contributed by atoms with Gasteiger partial charge in [0.25, 0.3) is 5.91 Å². The van der Waals surface area contributed by atoms with Crippen LogP contribution in [0.3, 0.4) is 0 Å². The van der Waals surface area contributed by atoms with Gasteiger partial charge in [0.2, 0.25) is 5.91 Å². The highest BCUT2D eigenvalue weighted by Crippen LogP contribution is 2.41. The molecule has 1 saturated carbocycles. The van der Waals surface area contributed by atoms with E-state index in [4.69, 9.17) is 11.6 Å². The van der Waals surface area contributed by atoms with Crippen molar-refractivity contribution in [2.45, 2.75) is 31.1 Å². The zero-order valence-electron chi connectivity index (χ0n) is 13.5. The summed E-state index contributed by atoms with van der Waals surface area (Å²) in [4.78, 5) is 25.0. The van der Waals surface area contributed by atoms with Crippen molar-refractivity contribution in [3.05, 3.63) is 70.5 Å². The summed E-state index contributed by atoms with van der Waals surface area (Å²) in [7, 11) is 0. The minimum absolute atomic E-state index is 0.284. The van der Waals surface area contributed by atoms with E-state index in [1.807, 2.05) is 0 Å². The van der Waals surface area contributed by atoms with Crippen LogP contribution in [0.15, 0.2) is 48.5 Å². The van der Waals surface area contributed by atoms with Gasteiger partial charge in [-0.25, -0.2) is 4.39 Å². The van der Waals surface area contributed by atoms with Crippen LogP contribution in [0.5, 0.6) is 0 Å². The molecular formula is C19H18ClFN2O2. The third-order valence-electron chi connectivity index (χ3n) is 4.70. The predicted molar refractivity (Wildman–Crippen MR) is 93.6 cm³/mol. The molecule has 1 aliphatic carbocycles. The van der Waals surface area contributed by atoms with Crippen LogP contribution in [-0.4, -0.2) is 11.8 Å². The van der Waals surface area contributed by atoms with Crippen LogP contribution in [0.2, 0.25) is 5.02 Å². The zero-order chi connectivity index (χ0) is 17.9. The molecule has 1 fully saturated rings. The molecule has 6 heteroatoms. The fourth-order valence-corrected chi connectivity index (χ4v) is 3.56. The first-order valence-electron chi connectivity index (χ1n) is 8.14. The second-order valence-electron chi connectivity index (χ2n) is 6.18. The average molecular weight is 361 g/mol. The van der Waals surface area contributed by atoms with Gasteiger partial charge in [-0.3, -0.25) is 20.4 Å². The topological polar surface area (TPSA) is 58.2 Å². The van der Waals surface area contributed by atoms with Crippen molar-refractivity contribution in [3.63, 3.8) is 0 Å². The van der Waals surface area contributed by atoms with Gasteiger partial charge >= 0.3 is 0 Å². The molecule has 0 aromatic heterocycles. The summed E-state index contributed by atoms with van der Waals surface area (Å²) in [5.41, 5.74) is 5.23. The van der Waals surface area contributed by atoms with E-state index < -0.39 is 11.3 Å². The smallest absolute Gasteiger partial charge is 0.271 e. The molecule has 1 aliphatic rings. The summed E-state index contributed by atoms with van der Waals surface area (Å²) >= 11 is 5.99. The van der Waals surface area contributed by atoms with Crippen LogP contribution in [0, 0.1) is 5.82 Å². The molecule has 0 atom stereocenters. The molecule has 2 amide bonds. The average Bonchev–Trinajstić information content (AvgIpc) is 3.11. The standard InChI is InChI=1S/C19H18ClFN2O2/c20-16-6-2-1-5-15(16)17(24)22-23-18(25)19(11-3-4-12-19)13-7-9-14(21)10-8-13/h1-2,5-10H,3-4,11-12H2,(H,22,24)(H,23,25). The molecule has 25 heavy (non-hydrogen) atoms. The highest BCUT2D eigenvalue weighted by molar-refractivity contribution is 6.33. The number of hydrogen-bond acceptors (Lipinski definition) is 2. The molecule has 3 rings (SSSR count). The van der Waals surface area contributed by atoms with E-state index in [2.05, 4.69) is 10.9 Å². The minimum Gasteiger partial charge on any atom is -0.272 e. The number of hydrazine groups is 1. The third kappa shape index (κ3) is 3.51. The van der Waals surface area contributed by atoms with Gasteiger partial charge in [0.1, 0.15) is 5.82 Å². The minimum atomic E-state index is -0.749. The summed E-state index contributed by atoms with van der Waals surface area (Å²) in [6.45, 7) is 0. The van der Waals surface area contributed by atoms with E-state index in [1.54, 1.807) is 36.4 Å². The Hall–Kier alpha value is -2.40. The maximum absolute atomic E-state index is 13.2. The van der Waals surface area contributed by atoms with E-state index in [0.717, 1.165) is 18.4 Å². The lowest BCUT2D eigenvalue weighted by Gasteiger charge is -2.28. The van der Waals surface area contributed by atoms with E-state index in [-0.39, 0.29) is 17.3 Å². The van der Waals surface area contributed by atoms with Crippen LogP contribution in [0.4, 0.5) is 4.39 Å². The van der Waals surface area contributed by atoms with Gasteiger partial charge in [-0.05, 0) is 42.7 Å². The summed E-state index contributed by atoms with van der Waals surface area (Å²) in [5, 5.41) is 0.309. The van der Waals surface area contributed by atoms with Gasteiger partial charge in [0.15, 0.2) is 0 Å². The van der Waals surface area contributed by atoms with Crippen LogP contribution in [0.1, 0.15) is 41.6 Å². The Morgan fingerprint density at radius 2 is 1.60 bits per heavy atom. The normalized spacial score (nSPS) is 15.6. The number of benzene rings is 2. The Bertz CT molecular complexity index is 786. The molecule has 2 N–H and O–H groups in total. The van der Waals surface area contributed by atoms with Crippen molar-refractivity contribution in [1.82, 2.24) is 10.9 Å². The van der Waals surface area contributed by atoms with Gasteiger partial charge in [-0.2, -0.15) is 0 Å². The first kappa shape index (κ1) is 17.4. The lowest BCUT2D eigenvalue weighted by molar-refractivity contribution is -0.127. The lowest BCUT2D eigenvalue weighted by atomic mass is 9.78. The van der Waals surface area contributed by atoms with Crippen LogP contribution in [0.25, 0.3) is 0 Å². The highest BCUT2D eigenvalue weighted by Gasteiger charge is 2.42. The number of amides is 2. The molecule has 0 saturated heterocycles. The Morgan fingerprint density at radius 3 is 2.24 bits per heavy atom. The van der Waals surface area contributed by atoms with Crippen LogP contribution < -0.4 is 10.9 Å². The molecule has 0 aliphatic heterocycles. The molecular weight excluding hydrogens is 343 g/mol. The predicted octanol–water partition coefficient (Wildman–Crippen LogP) is 3.75. The van der Waals surface area contributed by atoms with E-state index >= 15 is 0 Å². The summed E-state index contributed by atoms with van der Waals surface area (Å²) in [5.74, 6) is -1.12. The van der Waals surface area contributed by atoms with Crippen molar-refractivity contribution >= 4 is 23.4 Å². The van der Waals surface area contributed by atoms with Crippen LogP contribution in [-0.2, 0) is 10.2 Å². The van der Waals surface area contributed by atoms with Gasteiger partial charge in [-0.15, -0.1) is 0 Å². The third-order valence-corrected chi connectivity index (χ3v) is 5.03. The first-order chi connectivity index (χ1) is 12.0. The summed E-state index contributed by atoms with van der Waals surface area (Å²) < 4.78 is 13.2. The molecule has 2 aromatic rings. The van der Waals surface area contributed by atoms with Crippen LogP contribution >= 0.6 is 11.6 Å². The number of halogens is 2. The van der Waals surface area contributed by atoms with Gasteiger partial charge < -0.3 is 0 Å². The molecule has 130 valence electrons. The lowest BCUT2D eigenvalue weighted by Crippen LogP contribution is -2.50. The summed E-state index contributed by atoms with van der Waals surface area (Å²) in [6, 6.07) is 12.6. The monoisotopic (exact) mass is 360 g/mol. The van der Waals surface area contributed by atoms with Crippen molar-refractivity contribution in [1.29, 1.82) is 0 Å². The SMILES string of the molecule is O=C(NNC(=O)C1(c2ccc(F)cc2)CCCC1)c1ccccc1Cl. The Balaban J connectivity index is 1.75. The Morgan fingerprint density at radius 1 is 0.960 bits per heavy atom. The molecule has 0 spiro atoms. The first-order valence-corrected chi connectivity index (χ1v) is 8.52. The number of carbonyl (C=O) groups excluding carboxylic acids is 2. The Labute approximate surface area is 150 Å². The largest absolute Gasteiger partial charge is 0.272 e. The van der Waals surface area contributed by atoms with Crippen molar-refractivity contribution in [3.8, 4) is 0 Å². The second-order valence-corrected chi connectivity index (χ2v) is 6.59. The van der Waals surface area contributed by atoms with Gasteiger partial charge in [-0.1, -0.05) is 48.7 Å². The molecule has 4 nitrogen and oxygen atoms in total. The molecule has 0 bridgehead atoms. The molecule has 0 unspecified atom stereocenters. The molecule has 2 aromatic carbocycles. The maximum Gasteiger partial charge on any atom is 0.271 e. The highest BCUT2D eigenvalue weighted by atomic mass is 35.5. The maximum atomic E-state index is 13.2. The fourth-order valence-electron chi connectivity index (χ4n) is 3.34. The zero-order valence-corrected chi connectivity index (χ0v) is 14.3. The van der Waals surface area contributed by atoms with E-state index in [1.165, 1.54) is 12.1 Å². The van der Waals surface area contributed by atoms with Crippen molar-refractivity contribution in [2.75, 3.05) is 0 Å². The van der Waals surface area contributed by atoms with E-state index in [9.17, 15) is 14.0 Å². The quantitative estimate of drug-likeness (QED) is 0.819. The number of rotatable bonds is 3. The summed E-state index contributed by atoms with van der Waals surface area (Å²) in [6.07, 6.45) is 3.13. The molecule has 0 heterocycles. The van der Waals surface area contributed by atoms with Gasteiger partial charge in [0.05, 0.1) is 16.0 Å². The Kier molecular flexibility index (Phi) is 5.04. The number of hydrogen-bond donors (Lipinski definition) is 2.